The third-order valence-electron chi connectivity index (χ3n) is 15.3. The topological polar surface area (TPSA) is 35.9 Å². The number of imidazole rings is 1. The number of aromatic nitrogens is 4. The Labute approximate surface area is 443 Å². The van der Waals surface area contributed by atoms with Crippen LogP contribution in [0, 0.1) is 6.33 Å². The van der Waals surface area contributed by atoms with Crippen LogP contribution in [0.2, 0.25) is 0 Å². The summed E-state index contributed by atoms with van der Waals surface area (Å²) < 4.78 is 13.9. The minimum Gasteiger partial charge on any atom is -0.458 e. The van der Waals surface area contributed by atoms with E-state index in [0.29, 0.717) is 0 Å². The quantitative estimate of drug-likeness (QED) is 0.0956. The summed E-state index contributed by atoms with van der Waals surface area (Å²) in [5.74, 6) is 2.33. The SMILES string of the molecule is CC(C)(C)c1cc(-c2ccccc2)cc(-[n+]2[c-]n(-c3cc(Oc4ccc5c6cc(-c7ccccc7)ccc6n(-c6cc(C(C)(C)C)ccn6)c5c4)cc(C(C)(C)c4ccccc4)c3)cc2C(C)(C)c2ccccc2)c1. The van der Waals surface area contributed by atoms with Gasteiger partial charge in [0.1, 0.15) is 17.3 Å². The average molecular weight is 979 g/mol. The lowest BCUT2D eigenvalue weighted by Crippen LogP contribution is -2.40. The molecule has 8 aromatic carbocycles. The molecule has 5 nitrogen and oxygen atoms in total. The van der Waals surface area contributed by atoms with Gasteiger partial charge >= 0.3 is 0 Å². The molecular weight excluding hydrogens is 913 g/mol. The number of hydrogen-bond donors (Lipinski definition) is 0. The van der Waals surface area contributed by atoms with Crippen LogP contribution in [0.4, 0.5) is 0 Å². The number of ether oxygens (including phenoxy) is 1. The van der Waals surface area contributed by atoms with E-state index >= 15 is 0 Å². The predicted octanol–water partition coefficient (Wildman–Crippen LogP) is 17.4. The molecule has 0 saturated heterocycles. The van der Waals surface area contributed by atoms with E-state index in [9.17, 15) is 0 Å². The predicted molar refractivity (Wildman–Crippen MR) is 310 cm³/mol. The van der Waals surface area contributed by atoms with Crippen molar-refractivity contribution in [1.29, 1.82) is 0 Å². The van der Waals surface area contributed by atoms with Crippen LogP contribution in [0.3, 0.4) is 0 Å². The van der Waals surface area contributed by atoms with Gasteiger partial charge in [0.05, 0.1) is 28.1 Å². The van der Waals surface area contributed by atoms with E-state index in [-0.39, 0.29) is 16.2 Å². The minimum atomic E-state index is -0.412. The van der Waals surface area contributed by atoms with Gasteiger partial charge in [0, 0.05) is 40.1 Å². The van der Waals surface area contributed by atoms with E-state index in [1.165, 1.54) is 44.5 Å². The van der Waals surface area contributed by atoms with E-state index in [4.69, 9.17) is 9.72 Å². The average Bonchev–Trinajstić information content (AvgIpc) is 4.02. The lowest BCUT2D eigenvalue weighted by Gasteiger charge is -2.28. The number of hydrogen-bond acceptors (Lipinski definition) is 2. The van der Waals surface area contributed by atoms with Crippen molar-refractivity contribution >= 4 is 21.8 Å². The molecule has 75 heavy (non-hydrogen) atoms. The maximum absolute atomic E-state index is 7.19. The first kappa shape index (κ1) is 49.0. The van der Waals surface area contributed by atoms with Gasteiger partial charge in [0.25, 0.3) is 6.33 Å². The van der Waals surface area contributed by atoms with Gasteiger partial charge in [-0.25, -0.2) is 4.98 Å². The first-order valence-corrected chi connectivity index (χ1v) is 26.3. The zero-order valence-electron chi connectivity index (χ0n) is 45.0. The molecule has 5 heteroatoms. The fourth-order valence-corrected chi connectivity index (χ4v) is 10.5. The molecule has 0 aliphatic heterocycles. The van der Waals surface area contributed by atoms with Crippen molar-refractivity contribution in [3.8, 4) is 50.9 Å². The zero-order chi connectivity index (χ0) is 52.3. The number of nitrogens with zero attached hydrogens (tertiary/aromatic N) is 4. The van der Waals surface area contributed by atoms with Gasteiger partial charge in [-0.2, -0.15) is 0 Å². The number of pyridine rings is 1. The van der Waals surface area contributed by atoms with Gasteiger partial charge in [-0.1, -0.05) is 203 Å². The Morgan fingerprint density at radius 3 is 1.68 bits per heavy atom. The first-order chi connectivity index (χ1) is 35.9. The molecule has 0 saturated carbocycles. The Bertz CT molecular complexity index is 3850. The van der Waals surface area contributed by atoms with Crippen molar-refractivity contribution < 1.29 is 9.30 Å². The third-order valence-corrected chi connectivity index (χ3v) is 15.3. The second kappa shape index (κ2) is 18.9. The van der Waals surface area contributed by atoms with Crippen LogP contribution in [0.1, 0.15) is 103 Å². The standard InChI is InChI=1S/C70H66N4O/c1-67(2,3)54-35-36-71-66(43-54)74-63-34-31-50(48-23-15-11-16-24-48)39-62(63)61-33-32-59(45-64(61)74)75-60-42-56(69(7,8)52-27-19-13-20-28-52)41-57(44-60)72-46-65(70(9,10)53-29-21-14-22-30-53)73(47-72)58-38-51(49-25-17-12-18-26-49)37-55(40-58)68(4,5)6/h11-46H,1-10H3. The van der Waals surface area contributed by atoms with Crippen molar-refractivity contribution in [1.82, 2.24) is 14.1 Å². The second-order valence-electron chi connectivity index (χ2n) is 23.3. The van der Waals surface area contributed by atoms with Crippen molar-refractivity contribution in [3.05, 3.63) is 258 Å². The summed E-state index contributed by atoms with van der Waals surface area (Å²) in [6.07, 6.45) is 8.12. The zero-order valence-corrected chi connectivity index (χ0v) is 45.0. The van der Waals surface area contributed by atoms with Gasteiger partial charge in [-0.3, -0.25) is 13.7 Å². The van der Waals surface area contributed by atoms with Crippen LogP contribution < -0.4 is 9.30 Å². The fraction of sp³-hybridized carbons (Fsp3) is 0.200. The van der Waals surface area contributed by atoms with Gasteiger partial charge in [-0.15, -0.1) is 0 Å². The molecule has 0 spiro atoms. The lowest BCUT2D eigenvalue weighted by molar-refractivity contribution is -0.611. The highest BCUT2D eigenvalue weighted by atomic mass is 16.5. The molecule has 11 rings (SSSR count). The van der Waals surface area contributed by atoms with Crippen molar-refractivity contribution in [2.75, 3.05) is 0 Å². The van der Waals surface area contributed by atoms with Gasteiger partial charge in [0.15, 0.2) is 0 Å². The van der Waals surface area contributed by atoms with Crippen LogP contribution >= 0.6 is 0 Å². The largest absolute Gasteiger partial charge is 0.458 e. The van der Waals surface area contributed by atoms with Gasteiger partial charge in [0.2, 0.25) is 0 Å². The molecule has 0 fully saturated rings. The van der Waals surface area contributed by atoms with Crippen LogP contribution in [0.25, 0.3) is 61.3 Å². The summed E-state index contributed by atoms with van der Waals surface area (Å²) in [7, 11) is 0. The summed E-state index contributed by atoms with van der Waals surface area (Å²) >= 11 is 0. The van der Waals surface area contributed by atoms with Gasteiger partial charge in [-0.05, 0) is 128 Å². The first-order valence-electron chi connectivity index (χ1n) is 26.3. The van der Waals surface area contributed by atoms with E-state index in [1.807, 2.05) is 6.20 Å². The van der Waals surface area contributed by atoms with E-state index < -0.39 is 5.41 Å². The molecule has 0 atom stereocenters. The summed E-state index contributed by atoms with van der Waals surface area (Å²) in [4.78, 5) is 5.02. The van der Waals surface area contributed by atoms with E-state index in [2.05, 4.69) is 302 Å². The summed E-state index contributed by atoms with van der Waals surface area (Å²) in [5, 5.41) is 2.29. The molecule has 0 unspecified atom stereocenters. The highest BCUT2D eigenvalue weighted by Gasteiger charge is 2.31. The Kier molecular flexibility index (Phi) is 12.3. The number of benzene rings is 8. The second-order valence-corrected chi connectivity index (χ2v) is 23.3. The van der Waals surface area contributed by atoms with Crippen LogP contribution in [-0.2, 0) is 21.7 Å². The maximum atomic E-state index is 7.19. The molecule has 0 N–H and O–H groups in total. The lowest BCUT2D eigenvalue weighted by atomic mass is 9.78. The van der Waals surface area contributed by atoms with Crippen molar-refractivity contribution in [2.24, 2.45) is 0 Å². The third kappa shape index (κ3) is 9.49. The molecule has 0 radical (unpaired) electrons. The van der Waals surface area contributed by atoms with Crippen LogP contribution in [0.5, 0.6) is 11.5 Å². The minimum absolute atomic E-state index is 0.0580. The highest BCUT2D eigenvalue weighted by Crippen LogP contribution is 2.41. The summed E-state index contributed by atoms with van der Waals surface area (Å²) in [6.45, 7) is 22.8. The summed E-state index contributed by atoms with van der Waals surface area (Å²) in [6, 6.07) is 74.2. The highest BCUT2D eigenvalue weighted by molar-refractivity contribution is 6.10. The molecular formula is C70H66N4O. The Balaban J connectivity index is 1.10. The molecule has 0 bridgehead atoms. The smallest absolute Gasteiger partial charge is 0.269 e. The molecule has 0 aliphatic carbocycles. The normalized spacial score (nSPS) is 12.4. The van der Waals surface area contributed by atoms with Gasteiger partial charge < -0.3 is 4.74 Å². The molecule has 3 heterocycles. The molecule has 372 valence electrons. The monoisotopic (exact) mass is 979 g/mol. The molecule has 0 amide bonds. The van der Waals surface area contributed by atoms with Crippen LogP contribution in [-0.4, -0.2) is 14.1 Å². The summed E-state index contributed by atoms with van der Waals surface area (Å²) in [5.41, 5.74) is 15.0. The van der Waals surface area contributed by atoms with Crippen molar-refractivity contribution in [2.45, 2.75) is 90.9 Å². The molecule has 11 aromatic rings. The molecule has 3 aromatic heterocycles. The number of fused-ring (bicyclic) bond motifs is 3. The van der Waals surface area contributed by atoms with Crippen LogP contribution in [0.15, 0.2) is 219 Å². The van der Waals surface area contributed by atoms with E-state index in [0.717, 1.165) is 61.8 Å². The molecule has 0 aliphatic rings. The Hall–Kier alpha value is -8.28. The number of rotatable bonds is 11. The Morgan fingerprint density at radius 2 is 1.04 bits per heavy atom. The van der Waals surface area contributed by atoms with E-state index in [1.54, 1.807) is 0 Å². The Morgan fingerprint density at radius 1 is 0.427 bits per heavy atom. The maximum Gasteiger partial charge on any atom is 0.269 e. The fourth-order valence-electron chi connectivity index (χ4n) is 10.5. The van der Waals surface area contributed by atoms with Crippen molar-refractivity contribution in [3.63, 3.8) is 0 Å².